The van der Waals surface area contributed by atoms with Crippen LogP contribution in [0.4, 0.5) is 5.69 Å². The van der Waals surface area contributed by atoms with Gasteiger partial charge < -0.3 is 5.32 Å². The monoisotopic (exact) mass is 291 g/mol. The van der Waals surface area contributed by atoms with Gasteiger partial charge in [0.2, 0.25) is 10.0 Å². The SMILES string of the molecule is N#Cc1nnc2ccccc2c1NCCCS(N)(=O)=O. The van der Waals surface area contributed by atoms with E-state index in [2.05, 4.69) is 15.5 Å². The molecular formula is C12H13N5O2S. The number of nitrogens with one attached hydrogen (secondary N) is 1. The summed E-state index contributed by atoms with van der Waals surface area (Å²) in [5, 5.41) is 25.6. The summed E-state index contributed by atoms with van der Waals surface area (Å²) >= 11 is 0. The van der Waals surface area contributed by atoms with E-state index in [4.69, 9.17) is 10.4 Å². The third kappa shape index (κ3) is 3.40. The standard InChI is InChI=1S/C12H13N5O2S/c13-8-11-12(15-6-3-7-20(14,18)19)9-4-1-2-5-10(9)16-17-11/h1-2,4-5H,3,6-7H2,(H,15,16)(H2,14,18,19). The number of sulfonamides is 1. The molecule has 0 saturated heterocycles. The molecule has 0 saturated carbocycles. The summed E-state index contributed by atoms with van der Waals surface area (Å²) in [4.78, 5) is 0. The predicted molar refractivity (Wildman–Crippen MR) is 75.3 cm³/mol. The van der Waals surface area contributed by atoms with Crippen molar-refractivity contribution >= 4 is 26.6 Å². The highest BCUT2D eigenvalue weighted by atomic mass is 32.2. The molecule has 8 heteroatoms. The van der Waals surface area contributed by atoms with Crippen molar-refractivity contribution in [2.45, 2.75) is 6.42 Å². The van der Waals surface area contributed by atoms with Gasteiger partial charge in [-0.05, 0) is 12.5 Å². The highest BCUT2D eigenvalue weighted by Crippen LogP contribution is 2.23. The first-order valence-corrected chi connectivity index (χ1v) is 7.62. The third-order valence-electron chi connectivity index (χ3n) is 2.68. The molecular weight excluding hydrogens is 278 g/mol. The lowest BCUT2D eigenvalue weighted by Crippen LogP contribution is -2.19. The molecule has 2 aromatic rings. The van der Waals surface area contributed by atoms with E-state index in [1.54, 1.807) is 6.07 Å². The molecule has 1 heterocycles. The van der Waals surface area contributed by atoms with Crippen molar-refractivity contribution in [1.29, 1.82) is 5.26 Å². The van der Waals surface area contributed by atoms with Crippen molar-refractivity contribution in [2.75, 3.05) is 17.6 Å². The van der Waals surface area contributed by atoms with Crippen LogP contribution in [0.2, 0.25) is 0 Å². The second-order valence-electron chi connectivity index (χ2n) is 4.20. The van der Waals surface area contributed by atoms with E-state index in [1.165, 1.54) is 0 Å². The van der Waals surface area contributed by atoms with E-state index in [1.807, 2.05) is 24.3 Å². The van der Waals surface area contributed by atoms with Crippen molar-refractivity contribution in [3.05, 3.63) is 30.0 Å². The number of fused-ring (bicyclic) bond motifs is 1. The molecule has 20 heavy (non-hydrogen) atoms. The van der Waals surface area contributed by atoms with Crippen LogP contribution in [0, 0.1) is 11.3 Å². The number of nitrogens with two attached hydrogens (primary N) is 1. The largest absolute Gasteiger partial charge is 0.382 e. The Morgan fingerprint density at radius 3 is 2.75 bits per heavy atom. The summed E-state index contributed by atoms with van der Waals surface area (Å²) in [6.45, 7) is 0.376. The van der Waals surface area contributed by atoms with E-state index in [0.717, 1.165) is 5.39 Å². The molecule has 1 aromatic heterocycles. The average molecular weight is 291 g/mol. The smallest absolute Gasteiger partial charge is 0.209 e. The lowest BCUT2D eigenvalue weighted by Gasteiger charge is -2.09. The van der Waals surface area contributed by atoms with Crippen molar-refractivity contribution in [1.82, 2.24) is 10.2 Å². The van der Waals surface area contributed by atoms with Crippen molar-refractivity contribution in [2.24, 2.45) is 5.14 Å². The fourth-order valence-corrected chi connectivity index (χ4v) is 2.34. The van der Waals surface area contributed by atoms with Crippen LogP contribution in [0.3, 0.4) is 0 Å². The normalized spacial score (nSPS) is 11.2. The number of rotatable bonds is 5. The van der Waals surface area contributed by atoms with Gasteiger partial charge in [-0.3, -0.25) is 0 Å². The zero-order valence-corrected chi connectivity index (χ0v) is 11.4. The summed E-state index contributed by atoms with van der Waals surface area (Å²) in [6.07, 6.45) is 0.348. The molecule has 0 unspecified atom stereocenters. The lowest BCUT2D eigenvalue weighted by atomic mass is 10.1. The van der Waals surface area contributed by atoms with Crippen LogP contribution in [0.25, 0.3) is 10.9 Å². The van der Waals surface area contributed by atoms with Gasteiger partial charge in [-0.25, -0.2) is 13.6 Å². The number of primary sulfonamides is 1. The second kappa shape index (κ2) is 5.81. The molecule has 104 valence electrons. The third-order valence-corrected chi connectivity index (χ3v) is 3.54. The molecule has 3 N–H and O–H groups in total. The second-order valence-corrected chi connectivity index (χ2v) is 5.93. The number of anilines is 1. The molecule has 0 aliphatic carbocycles. The van der Waals surface area contributed by atoms with Gasteiger partial charge in [0, 0.05) is 11.9 Å². The molecule has 7 nitrogen and oxygen atoms in total. The van der Waals surface area contributed by atoms with Gasteiger partial charge in [0.1, 0.15) is 6.07 Å². The number of benzene rings is 1. The summed E-state index contributed by atoms with van der Waals surface area (Å²) < 4.78 is 21.7. The lowest BCUT2D eigenvalue weighted by molar-refractivity contribution is 0.596. The van der Waals surface area contributed by atoms with Crippen LogP contribution in [0.5, 0.6) is 0 Å². The fraction of sp³-hybridized carbons (Fsp3) is 0.250. The van der Waals surface area contributed by atoms with Gasteiger partial charge in [0.15, 0.2) is 5.69 Å². The van der Waals surface area contributed by atoms with E-state index in [0.29, 0.717) is 24.2 Å². The summed E-state index contributed by atoms with van der Waals surface area (Å²) in [5.41, 5.74) is 1.41. The molecule has 0 aliphatic rings. The molecule has 1 aromatic carbocycles. The average Bonchev–Trinajstić information content (AvgIpc) is 2.42. The minimum Gasteiger partial charge on any atom is -0.382 e. The molecule has 0 spiro atoms. The van der Waals surface area contributed by atoms with E-state index >= 15 is 0 Å². The molecule has 0 bridgehead atoms. The maximum atomic E-state index is 10.9. The Kier molecular flexibility index (Phi) is 4.12. The highest BCUT2D eigenvalue weighted by molar-refractivity contribution is 7.89. The Morgan fingerprint density at radius 2 is 2.05 bits per heavy atom. The quantitative estimate of drug-likeness (QED) is 0.777. The molecule has 0 fully saturated rings. The summed E-state index contributed by atoms with van der Waals surface area (Å²) in [7, 11) is -3.47. The summed E-state index contributed by atoms with van der Waals surface area (Å²) in [6, 6.07) is 9.24. The molecule has 2 rings (SSSR count). The molecule has 0 radical (unpaired) electrons. The first-order valence-electron chi connectivity index (χ1n) is 5.91. The van der Waals surface area contributed by atoms with Crippen molar-refractivity contribution < 1.29 is 8.42 Å². The van der Waals surface area contributed by atoms with Crippen LogP contribution in [0.1, 0.15) is 12.1 Å². The van der Waals surface area contributed by atoms with Crippen LogP contribution < -0.4 is 10.5 Å². The molecule has 0 aliphatic heterocycles. The van der Waals surface area contributed by atoms with Crippen LogP contribution in [-0.2, 0) is 10.0 Å². The van der Waals surface area contributed by atoms with Crippen LogP contribution in [-0.4, -0.2) is 30.9 Å². The van der Waals surface area contributed by atoms with Gasteiger partial charge in [0.05, 0.1) is 17.0 Å². The topological polar surface area (TPSA) is 122 Å². The molecule has 0 atom stereocenters. The molecule has 0 amide bonds. The van der Waals surface area contributed by atoms with Gasteiger partial charge >= 0.3 is 0 Å². The zero-order valence-electron chi connectivity index (χ0n) is 10.6. The van der Waals surface area contributed by atoms with Crippen LogP contribution >= 0.6 is 0 Å². The highest BCUT2D eigenvalue weighted by Gasteiger charge is 2.10. The van der Waals surface area contributed by atoms with Crippen molar-refractivity contribution in [3.63, 3.8) is 0 Å². The van der Waals surface area contributed by atoms with Gasteiger partial charge in [-0.2, -0.15) is 5.26 Å². The number of nitriles is 1. The minimum absolute atomic E-state index is 0.113. The first kappa shape index (κ1) is 14.2. The maximum absolute atomic E-state index is 10.9. The Balaban J connectivity index is 2.22. The zero-order chi connectivity index (χ0) is 14.6. The Morgan fingerprint density at radius 1 is 1.30 bits per heavy atom. The number of hydrogen-bond donors (Lipinski definition) is 2. The maximum Gasteiger partial charge on any atom is 0.209 e. The van der Waals surface area contributed by atoms with Gasteiger partial charge in [0.25, 0.3) is 0 Å². The van der Waals surface area contributed by atoms with E-state index < -0.39 is 10.0 Å². The number of nitrogens with zero attached hydrogens (tertiary/aromatic N) is 3. The Labute approximate surface area is 116 Å². The summed E-state index contributed by atoms with van der Waals surface area (Å²) in [5.74, 6) is -0.113. The van der Waals surface area contributed by atoms with Gasteiger partial charge in [-0.15, -0.1) is 10.2 Å². The Bertz CT molecular complexity index is 767. The van der Waals surface area contributed by atoms with Gasteiger partial charge in [-0.1, -0.05) is 18.2 Å². The minimum atomic E-state index is -3.47. The predicted octanol–water partition coefficient (Wildman–Crippen LogP) is 0.592. The Hall–Kier alpha value is -2.24. The number of aromatic nitrogens is 2. The number of hydrogen-bond acceptors (Lipinski definition) is 6. The van der Waals surface area contributed by atoms with Crippen LogP contribution in [0.15, 0.2) is 24.3 Å². The van der Waals surface area contributed by atoms with E-state index in [-0.39, 0.29) is 11.4 Å². The van der Waals surface area contributed by atoms with Crippen molar-refractivity contribution in [3.8, 4) is 6.07 Å². The fourth-order valence-electron chi connectivity index (χ4n) is 1.80. The van der Waals surface area contributed by atoms with E-state index in [9.17, 15) is 8.42 Å². The first-order chi connectivity index (χ1) is 9.51.